The van der Waals surface area contributed by atoms with Gasteiger partial charge in [-0.3, -0.25) is 0 Å². The summed E-state index contributed by atoms with van der Waals surface area (Å²) in [5, 5.41) is 0. The molecular weight excluding hydrogens is 293 g/mol. The van der Waals surface area contributed by atoms with Gasteiger partial charge in [-0.1, -0.05) is 0 Å². The van der Waals surface area contributed by atoms with Crippen molar-refractivity contribution in [2.45, 2.75) is 19.3 Å². The van der Waals surface area contributed by atoms with Crippen LogP contribution in [0.1, 0.15) is 19.3 Å². The summed E-state index contributed by atoms with van der Waals surface area (Å²) in [4.78, 5) is 17.9. The fraction of sp³-hybridized carbons (Fsp3) is 0.667. The highest BCUT2D eigenvalue weighted by molar-refractivity contribution is 7.72. The first-order valence-corrected chi connectivity index (χ1v) is 8.56. The van der Waals surface area contributed by atoms with E-state index in [4.69, 9.17) is 20.7 Å². The third-order valence-electron chi connectivity index (χ3n) is 1.46. The van der Waals surface area contributed by atoms with Crippen molar-refractivity contribution in [3.8, 4) is 12.3 Å². The Kier molecular flexibility index (Phi) is 5.75. The number of unbranched alkanes of at least 4 members (excludes halogenated alkanes) is 2. The Morgan fingerprint density at radius 1 is 1.24 bits per heavy atom. The van der Waals surface area contributed by atoms with Crippen LogP contribution in [0.25, 0.3) is 0 Å². The van der Waals surface area contributed by atoms with Gasteiger partial charge in [0, 0.05) is 6.42 Å². The third kappa shape index (κ3) is 6.08. The van der Waals surface area contributed by atoms with Crippen molar-refractivity contribution >= 4 is 24.2 Å². The van der Waals surface area contributed by atoms with E-state index in [-0.39, 0.29) is 6.61 Å². The third-order valence-corrected chi connectivity index (χ3v) is 6.22. The molecule has 1 aliphatic rings. The van der Waals surface area contributed by atoms with Gasteiger partial charge in [-0.15, -0.1) is 12.3 Å². The van der Waals surface area contributed by atoms with Crippen molar-refractivity contribution in [1.29, 1.82) is 0 Å². The Morgan fingerprint density at radius 3 is 2.35 bits per heavy atom. The number of hydrogen-bond donors (Lipinski definition) is 2. The van der Waals surface area contributed by atoms with Gasteiger partial charge in [-0.05, 0) is 12.8 Å². The maximum absolute atomic E-state index is 11.0. The molecule has 17 heavy (non-hydrogen) atoms. The minimum Gasteiger partial charge on any atom is -0.312 e. The molecule has 1 fully saturated rings. The van der Waals surface area contributed by atoms with Crippen LogP contribution in [0.5, 0.6) is 0 Å². The minimum absolute atomic E-state index is 0.132. The molecule has 2 unspecified atom stereocenters. The Labute approximate surface area is 99.5 Å². The summed E-state index contributed by atoms with van der Waals surface area (Å²) in [6.07, 6.45) is 6.87. The van der Waals surface area contributed by atoms with Crippen LogP contribution in [0.4, 0.5) is 0 Å². The zero-order valence-electron chi connectivity index (χ0n) is 8.59. The zero-order chi connectivity index (χ0) is 12.9. The van der Waals surface area contributed by atoms with Gasteiger partial charge in [0.1, 0.15) is 0 Å². The lowest BCUT2D eigenvalue weighted by Gasteiger charge is -2.26. The highest BCUT2D eigenvalue weighted by atomic mass is 31.3. The molecule has 1 aliphatic heterocycles. The predicted octanol–water partition coefficient (Wildman–Crippen LogP) is 2.30. The fourth-order valence-corrected chi connectivity index (χ4v) is 5.07. The standard InChI is InChI=1S/C6H11O8P3/c1-2-3-4-5-6-11-15-12-16(7,8)14-17(9,10)13-15/h1H,3-6H2,(H,7,8)(H,9,10). The van der Waals surface area contributed by atoms with Crippen molar-refractivity contribution < 1.29 is 36.4 Å². The highest BCUT2D eigenvalue weighted by Gasteiger charge is 2.47. The molecule has 2 atom stereocenters. The molecule has 0 aromatic rings. The van der Waals surface area contributed by atoms with Crippen LogP contribution in [0.2, 0.25) is 0 Å². The molecule has 0 radical (unpaired) electrons. The summed E-state index contributed by atoms with van der Waals surface area (Å²) >= 11 is 0. The van der Waals surface area contributed by atoms with Crippen molar-refractivity contribution in [2.24, 2.45) is 0 Å². The summed E-state index contributed by atoms with van der Waals surface area (Å²) in [6.45, 7) is 0.132. The molecular formula is C6H11O8P3. The first-order chi connectivity index (χ1) is 7.85. The van der Waals surface area contributed by atoms with Crippen LogP contribution in [0.3, 0.4) is 0 Å². The van der Waals surface area contributed by atoms with Gasteiger partial charge in [0.25, 0.3) is 0 Å². The molecule has 1 rings (SSSR count). The Hall–Kier alpha value is 0.210. The quantitative estimate of drug-likeness (QED) is 0.452. The lowest BCUT2D eigenvalue weighted by molar-refractivity contribution is 0.167. The van der Waals surface area contributed by atoms with Crippen molar-refractivity contribution in [3.63, 3.8) is 0 Å². The van der Waals surface area contributed by atoms with Gasteiger partial charge in [-0.2, -0.15) is 4.31 Å². The summed E-state index contributed by atoms with van der Waals surface area (Å²) in [5.41, 5.74) is 0. The van der Waals surface area contributed by atoms with Crippen molar-refractivity contribution in [1.82, 2.24) is 0 Å². The van der Waals surface area contributed by atoms with Crippen LogP contribution in [0.15, 0.2) is 0 Å². The summed E-state index contributed by atoms with van der Waals surface area (Å²) in [6, 6.07) is 0. The van der Waals surface area contributed by atoms with Gasteiger partial charge in [0.15, 0.2) is 0 Å². The second kappa shape index (κ2) is 6.40. The van der Waals surface area contributed by atoms with E-state index in [1.54, 1.807) is 0 Å². The molecule has 0 amide bonds. The normalized spacial score (nSPS) is 37.6. The van der Waals surface area contributed by atoms with Crippen LogP contribution >= 0.6 is 24.2 Å². The summed E-state index contributed by atoms with van der Waals surface area (Å²) in [5.74, 6) is 2.43. The topological polar surface area (TPSA) is 112 Å². The fourth-order valence-electron chi connectivity index (χ4n) is 0.859. The van der Waals surface area contributed by atoms with Crippen LogP contribution in [-0.4, -0.2) is 16.4 Å². The van der Waals surface area contributed by atoms with E-state index in [9.17, 15) is 9.13 Å². The first-order valence-electron chi connectivity index (χ1n) is 4.47. The maximum Gasteiger partial charge on any atom is 0.488 e. The second-order valence-electron chi connectivity index (χ2n) is 2.90. The molecule has 1 saturated heterocycles. The number of phosphoric acid groups is 2. The van der Waals surface area contributed by atoms with E-state index >= 15 is 0 Å². The smallest absolute Gasteiger partial charge is 0.312 e. The first kappa shape index (κ1) is 15.3. The Balaban J connectivity index is 2.36. The van der Waals surface area contributed by atoms with E-state index < -0.39 is 24.2 Å². The average Bonchev–Trinajstić information content (AvgIpc) is 2.12. The molecule has 0 bridgehead atoms. The van der Waals surface area contributed by atoms with E-state index in [0.717, 1.165) is 0 Å². The van der Waals surface area contributed by atoms with Crippen LogP contribution in [0, 0.1) is 12.3 Å². The van der Waals surface area contributed by atoms with Gasteiger partial charge in [0.05, 0.1) is 6.61 Å². The Bertz CT molecular complexity index is 365. The Morgan fingerprint density at radius 2 is 1.82 bits per heavy atom. The van der Waals surface area contributed by atoms with E-state index in [1.807, 2.05) is 0 Å². The lowest BCUT2D eigenvalue weighted by atomic mass is 10.2. The molecule has 0 aromatic carbocycles. The summed E-state index contributed by atoms with van der Waals surface area (Å²) < 4.78 is 39.4. The molecule has 0 aliphatic carbocycles. The molecule has 98 valence electrons. The monoisotopic (exact) mass is 304 g/mol. The molecule has 8 nitrogen and oxygen atoms in total. The molecule has 0 spiro atoms. The minimum atomic E-state index is -4.59. The number of rotatable bonds is 5. The largest absolute Gasteiger partial charge is 0.488 e. The summed E-state index contributed by atoms with van der Waals surface area (Å²) in [7, 11) is -11.6. The van der Waals surface area contributed by atoms with Gasteiger partial charge in [0.2, 0.25) is 0 Å². The van der Waals surface area contributed by atoms with E-state index in [1.165, 1.54) is 0 Å². The SMILES string of the molecule is C#CCCCCOP1OP(=O)(O)OP(=O)(O)O1. The van der Waals surface area contributed by atoms with Crippen molar-refractivity contribution in [2.75, 3.05) is 6.61 Å². The van der Waals surface area contributed by atoms with Gasteiger partial charge < -0.3 is 14.3 Å². The lowest BCUT2D eigenvalue weighted by Crippen LogP contribution is -2.03. The van der Waals surface area contributed by atoms with E-state index in [2.05, 4.69) is 18.9 Å². The maximum atomic E-state index is 11.0. The van der Waals surface area contributed by atoms with Gasteiger partial charge in [-0.25, -0.2) is 17.8 Å². The highest BCUT2D eigenvalue weighted by Crippen LogP contribution is 2.76. The zero-order valence-corrected chi connectivity index (χ0v) is 11.3. The van der Waals surface area contributed by atoms with Crippen LogP contribution in [-0.2, 0) is 26.6 Å². The van der Waals surface area contributed by atoms with Gasteiger partial charge >= 0.3 is 24.2 Å². The molecule has 2 N–H and O–H groups in total. The molecule has 0 saturated carbocycles. The molecule has 1 heterocycles. The number of hydrogen-bond acceptors (Lipinski definition) is 6. The molecule has 0 aromatic heterocycles. The van der Waals surface area contributed by atoms with Crippen LogP contribution < -0.4 is 0 Å². The predicted molar refractivity (Wildman–Crippen MR) is 58.5 cm³/mol. The molecule has 11 heteroatoms. The van der Waals surface area contributed by atoms with Crippen molar-refractivity contribution in [3.05, 3.63) is 0 Å². The average molecular weight is 304 g/mol. The van der Waals surface area contributed by atoms with E-state index in [0.29, 0.717) is 19.3 Å². The number of terminal acetylenes is 1. The second-order valence-corrected chi connectivity index (χ2v) is 7.44.